The Morgan fingerprint density at radius 1 is 1.36 bits per heavy atom. The lowest BCUT2D eigenvalue weighted by Gasteiger charge is -2.04. The standard InChI is InChI=1S/C11H12BrNO/c12-11(14)13-7-8-4-5-9-2-1-3-10(9)6-8/h4-6H,1-3,7H2,(H,13,14). The van der Waals surface area contributed by atoms with E-state index in [9.17, 15) is 4.79 Å². The van der Waals surface area contributed by atoms with Crippen LogP contribution in [0.1, 0.15) is 23.1 Å². The number of fused-ring (bicyclic) bond motifs is 1. The maximum atomic E-state index is 10.7. The molecule has 1 aliphatic rings. The molecule has 0 saturated carbocycles. The van der Waals surface area contributed by atoms with Crippen molar-refractivity contribution in [2.45, 2.75) is 25.8 Å². The molecule has 0 spiro atoms. The molecule has 1 aromatic carbocycles. The topological polar surface area (TPSA) is 29.1 Å². The molecular formula is C11H12BrNO. The van der Waals surface area contributed by atoms with Gasteiger partial charge in [0.1, 0.15) is 0 Å². The highest BCUT2D eigenvalue weighted by Crippen LogP contribution is 2.22. The third kappa shape index (κ3) is 2.15. The predicted octanol–water partition coefficient (Wildman–Crippen LogP) is 2.78. The number of aryl methyl sites for hydroxylation is 2. The van der Waals surface area contributed by atoms with Gasteiger partial charge < -0.3 is 5.32 Å². The van der Waals surface area contributed by atoms with Gasteiger partial charge in [0.25, 0.3) is 4.82 Å². The van der Waals surface area contributed by atoms with Crippen LogP contribution in [-0.4, -0.2) is 4.82 Å². The van der Waals surface area contributed by atoms with E-state index in [1.54, 1.807) is 0 Å². The largest absolute Gasteiger partial charge is 0.343 e. The molecule has 2 rings (SSSR count). The van der Waals surface area contributed by atoms with E-state index < -0.39 is 0 Å². The highest BCUT2D eigenvalue weighted by molar-refractivity contribution is 9.18. The first kappa shape index (κ1) is 9.71. The van der Waals surface area contributed by atoms with Gasteiger partial charge in [0.05, 0.1) is 0 Å². The van der Waals surface area contributed by atoms with Crippen molar-refractivity contribution in [1.29, 1.82) is 0 Å². The number of rotatable bonds is 2. The fourth-order valence-electron chi connectivity index (χ4n) is 1.91. The summed E-state index contributed by atoms with van der Waals surface area (Å²) in [4.78, 5) is 10.5. The number of carbonyl (C=O) groups is 1. The molecule has 1 amide bonds. The van der Waals surface area contributed by atoms with Crippen molar-refractivity contribution >= 4 is 20.7 Å². The van der Waals surface area contributed by atoms with E-state index >= 15 is 0 Å². The molecule has 14 heavy (non-hydrogen) atoms. The number of carbonyl (C=O) groups excluding carboxylic acids is 1. The summed E-state index contributed by atoms with van der Waals surface area (Å²) in [7, 11) is 0. The summed E-state index contributed by atoms with van der Waals surface area (Å²) in [5, 5.41) is 2.73. The summed E-state index contributed by atoms with van der Waals surface area (Å²) in [5.74, 6) is 0. The lowest BCUT2D eigenvalue weighted by atomic mass is 10.1. The Kier molecular flexibility index (Phi) is 2.87. The van der Waals surface area contributed by atoms with Crippen molar-refractivity contribution in [3.8, 4) is 0 Å². The quantitative estimate of drug-likeness (QED) is 0.638. The monoisotopic (exact) mass is 253 g/mol. The van der Waals surface area contributed by atoms with Gasteiger partial charge in [0, 0.05) is 22.5 Å². The Morgan fingerprint density at radius 2 is 2.14 bits per heavy atom. The maximum absolute atomic E-state index is 10.7. The van der Waals surface area contributed by atoms with Crippen LogP contribution in [0.4, 0.5) is 4.79 Å². The molecule has 0 saturated heterocycles. The first-order valence-electron chi connectivity index (χ1n) is 4.80. The second kappa shape index (κ2) is 4.13. The molecule has 1 N–H and O–H groups in total. The molecular weight excluding hydrogens is 242 g/mol. The zero-order valence-electron chi connectivity index (χ0n) is 7.85. The fourth-order valence-corrected chi connectivity index (χ4v) is 2.05. The number of nitrogens with one attached hydrogen (secondary N) is 1. The van der Waals surface area contributed by atoms with Crippen molar-refractivity contribution in [3.63, 3.8) is 0 Å². The molecule has 0 aliphatic heterocycles. The van der Waals surface area contributed by atoms with Gasteiger partial charge >= 0.3 is 0 Å². The Morgan fingerprint density at radius 3 is 2.93 bits per heavy atom. The van der Waals surface area contributed by atoms with Gasteiger partial charge in [-0.15, -0.1) is 0 Å². The van der Waals surface area contributed by atoms with Crippen LogP contribution in [0.5, 0.6) is 0 Å². The van der Waals surface area contributed by atoms with Crippen molar-refractivity contribution in [2.75, 3.05) is 0 Å². The third-order valence-electron chi connectivity index (χ3n) is 2.59. The first-order chi connectivity index (χ1) is 6.75. The van der Waals surface area contributed by atoms with E-state index in [-0.39, 0.29) is 4.82 Å². The zero-order valence-corrected chi connectivity index (χ0v) is 9.43. The zero-order chi connectivity index (χ0) is 9.97. The van der Waals surface area contributed by atoms with Crippen LogP contribution < -0.4 is 5.32 Å². The molecule has 0 fully saturated rings. The van der Waals surface area contributed by atoms with Crippen molar-refractivity contribution in [2.24, 2.45) is 0 Å². The van der Waals surface area contributed by atoms with E-state index in [1.165, 1.54) is 36.0 Å². The molecule has 3 heteroatoms. The number of halogens is 1. The Bertz CT molecular complexity index is 362. The molecule has 0 radical (unpaired) electrons. The molecule has 0 bridgehead atoms. The summed E-state index contributed by atoms with van der Waals surface area (Å²) >= 11 is 2.84. The normalized spacial score (nSPS) is 13.8. The van der Waals surface area contributed by atoms with Crippen LogP contribution in [0, 0.1) is 0 Å². The summed E-state index contributed by atoms with van der Waals surface area (Å²) in [6.45, 7) is 0.608. The molecule has 2 nitrogen and oxygen atoms in total. The van der Waals surface area contributed by atoms with Crippen molar-refractivity contribution in [3.05, 3.63) is 34.9 Å². The summed E-state index contributed by atoms with van der Waals surface area (Å²) in [6, 6.07) is 6.47. The van der Waals surface area contributed by atoms with Gasteiger partial charge in [0.2, 0.25) is 0 Å². The Balaban J connectivity index is 2.09. The molecule has 74 valence electrons. The SMILES string of the molecule is O=C(Br)NCc1ccc2c(c1)CCC2. The minimum absolute atomic E-state index is 0.155. The number of hydrogen-bond donors (Lipinski definition) is 1. The second-order valence-corrected chi connectivity index (χ2v) is 4.30. The minimum Gasteiger partial charge on any atom is -0.343 e. The Hall–Kier alpha value is -0.830. The minimum atomic E-state index is -0.155. The second-order valence-electron chi connectivity index (χ2n) is 3.58. The van der Waals surface area contributed by atoms with Gasteiger partial charge in [-0.2, -0.15) is 0 Å². The van der Waals surface area contributed by atoms with E-state index in [2.05, 4.69) is 39.4 Å². The number of benzene rings is 1. The van der Waals surface area contributed by atoms with Crippen LogP contribution in [-0.2, 0) is 19.4 Å². The first-order valence-corrected chi connectivity index (χ1v) is 5.59. The van der Waals surface area contributed by atoms with Crippen molar-refractivity contribution in [1.82, 2.24) is 5.32 Å². The summed E-state index contributed by atoms with van der Waals surface area (Å²) in [5.41, 5.74) is 4.10. The summed E-state index contributed by atoms with van der Waals surface area (Å²) in [6.07, 6.45) is 3.66. The van der Waals surface area contributed by atoms with E-state index in [0.717, 1.165) is 0 Å². The van der Waals surface area contributed by atoms with E-state index in [1.807, 2.05) is 0 Å². The number of amides is 1. The van der Waals surface area contributed by atoms with Crippen LogP contribution in [0.3, 0.4) is 0 Å². The predicted molar refractivity (Wildman–Crippen MR) is 59.6 cm³/mol. The lowest BCUT2D eigenvalue weighted by Crippen LogP contribution is -2.15. The molecule has 0 atom stereocenters. The van der Waals surface area contributed by atoms with Crippen LogP contribution in [0.15, 0.2) is 18.2 Å². The van der Waals surface area contributed by atoms with E-state index in [0.29, 0.717) is 6.54 Å². The van der Waals surface area contributed by atoms with Crippen LogP contribution in [0.25, 0.3) is 0 Å². The van der Waals surface area contributed by atoms with Gasteiger partial charge in [0.15, 0.2) is 0 Å². The lowest BCUT2D eigenvalue weighted by molar-refractivity contribution is 0.261. The van der Waals surface area contributed by atoms with Gasteiger partial charge in [-0.05, 0) is 36.0 Å². The van der Waals surface area contributed by atoms with Gasteiger partial charge in [-0.25, -0.2) is 0 Å². The van der Waals surface area contributed by atoms with Crippen LogP contribution in [0.2, 0.25) is 0 Å². The average molecular weight is 254 g/mol. The average Bonchev–Trinajstić information content (AvgIpc) is 2.61. The molecule has 1 aromatic rings. The van der Waals surface area contributed by atoms with E-state index in [4.69, 9.17) is 0 Å². The molecule has 0 aromatic heterocycles. The highest BCUT2D eigenvalue weighted by atomic mass is 79.9. The molecule has 0 heterocycles. The fraction of sp³-hybridized carbons (Fsp3) is 0.364. The summed E-state index contributed by atoms with van der Waals surface area (Å²) < 4.78 is 0. The smallest absolute Gasteiger partial charge is 0.287 e. The van der Waals surface area contributed by atoms with Gasteiger partial charge in [-0.1, -0.05) is 18.2 Å². The highest BCUT2D eigenvalue weighted by Gasteiger charge is 2.10. The third-order valence-corrected chi connectivity index (χ3v) is 2.87. The molecule has 1 aliphatic carbocycles. The molecule has 0 unspecified atom stereocenters. The van der Waals surface area contributed by atoms with Crippen LogP contribution >= 0.6 is 15.9 Å². The van der Waals surface area contributed by atoms with Gasteiger partial charge in [-0.3, -0.25) is 4.79 Å². The Labute approximate surface area is 91.8 Å². The maximum Gasteiger partial charge on any atom is 0.287 e. The van der Waals surface area contributed by atoms with Crippen molar-refractivity contribution < 1.29 is 4.79 Å². The number of hydrogen-bond acceptors (Lipinski definition) is 1.